The average Bonchev–Trinajstić information content (AvgIpc) is 2.38. The minimum atomic E-state index is -0.201. The van der Waals surface area contributed by atoms with Crippen LogP contribution in [0.4, 0.5) is 0 Å². The third-order valence-electron chi connectivity index (χ3n) is 3.21. The number of likely N-dealkylation sites (N-methyl/N-ethyl adjacent to an activating group) is 1. The zero-order valence-corrected chi connectivity index (χ0v) is 13.4. The summed E-state index contributed by atoms with van der Waals surface area (Å²) >= 11 is 0. The third kappa shape index (κ3) is 10.8. The van der Waals surface area contributed by atoms with Crippen molar-refractivity contribution < 1.29 is 14.3 Å². The number of rotatable bonds is 11. The van der Waals surface area contributed by atoms with Crippen LogP contribution in [0.2, 0.25) is 0 Å². The number of esters is 1. The summed E-state index contributed by atoms with van der Waals surface area (Å²) in [6.07, 6.45) is 5.72. The van der Waals surface area contributed by atoms with Gasteiger partial charge in [-0.1, -0.05) is 26.2 Å². The summed E-state index contributed by atoms with van der Waals surface area (Å²) in [7, 11) is 3.28. The summed E-state index contributed by atoms with van der Waals surface area (Å²) in [6.45, 7) is 5.31. The lowest BCUT2D eigenvalue weighted by atomic mass is 10.1. The van der Waals surface area contributed by atoms with Gasteiger partial charge in [-0.15, -0.1) is 0 Å². The van der Waals surface area contributed by atoms with Crippen molar-refractivity contribution in [3.05, 3.63) is 0 Å². The van der Waals surface area contributed by atoms with Crippen molar-refractivity contribution in [1.29, 1.82) is 0 Å². The van der Waals surface area contributed by atoms with Gasteiger partial charge in [0.15, 0.2) is 0 Å². The molecule has 0 aliphatic carbocycles. The van der Waals surface area contributed by atoms with Crippen LogP contribution in [0.5, 0.6) is 0 Å². The summed E-state index contributed by atoms with van der Waals surface area (Å²) in [5, 5.41) is 3.01. The van der Waals surface area contributed by atoms with Crippen molar-refractivity contribution in [2.45, 2.75) is 58.4 Å². The Labute approximate surface area is 123 Å². The molecule has 0 saturated heterocycles. The van der Waals surface area contributed by atoms with E-state index < -0.39 is 0 Å². The van der Waals surface area contributed by atoms with Gasteiger partial charge in [-0.3, -0.25) is 14.5 Å². The summed E-state index contributed by atoms with van der Waals surface area (Å²) in [6, 6.07) is 0.234. The monoisotopic (exact) mass is 286 g/mol. The topological polar surface area (TPSA) is 58.6 Å². The van der Waals surface area contributed by atoms with Crippen LogP contribution in [0, 0.1) is 0 Å². The first-order valence-corrected chi connectivity index (χ1v) is 7.54. The molecule has 0 aliphatic rings. The first kappa shape index (κ1) is 18.9. The smallest absolute Gasteiger partial charge is 0.305 e. The number of hydrogen-bond acceptors (Lipinski definition) is 4. The van der Waals surface area contributed by atoms with Crippen LogP contribution in [0.15, 0.2) is 0 Å². The van der Waals surface area contributed by atoms with Gasteiger partial charge < -0.3 is 10.1 Å². The van der Waals surface area contributed by atoms with Crippen molar-refractivity contribution in [2.24, 2.45) is 0 Å². The molecule has 1 amide bonds. The summed E-state index contributed by atoms with van der Waals surface area (Å²) in [5.41, 5.74) is 0. The van der Waals surface area contributed by atoms with Gasteiger partial charge >= 0.3 is 5.97 Å². The quantitative estimate of drug-likeness (QED) is 0.466. The van der Waals surface area contributed by atoms with Gasteiger partial charge in [0.05, 0.1) is 13.7 Å². The number of nitrogens with one attached hydrogen (secondary N) is 1. The maximum Gasteiger partial charge on any atom is 0.305 e. The lowest BCUT2D eigenvalue weighted by Gasteiger charge is -2.18. The molecular formula is C15H30N2O3. The van der Waals surface area contributed by atoms with E-state index in [1.807, 2.05) is 18.9 Å². The Morgan fingerprint density at radius 3 is 2.55 bits per heavy atom. The highest BCUT2D eigenvalue weighted by molar-refractivity contribution is 5.78. The molecule has 1 atom stereocenters. The van der Waals surface area contributed by atoms with Gasteiger partial charge in [0.25, 0.3) is 0 Å². The summed E-state index contributed by atoms with van der Waals surface area (Å²) < 4.78 is 4.58. The maximum absolute atomic E-state index is 11.8. The van der Waals surface area contributed by atoms with Crippen LogP contribution in [-0.2, 0) is 14.3 Å². The highest BCUT2D eigenvalue weighted by atomic mass is 16.5. The lowest BCUT2D eigenvalue weighted by molar-refractivity contribution is -0.140. The summed E-state index contributed by atoms with van der Waals surface area (Å²) in [5.74, 6) is -0.151. The molecule has 5 heteroatoms. The second kappa shape index (κ2) is 11.7. The zero-order valence-electron chi connectivity index (χ0n) is 13.4. The molecule has 118 valence electrons. The first-order chi connectivity index (χ1) is 9.49. The molecule has 0 aliphatic heterocycles. The minimum absolute atomic E-state index is 0.0505. The molecular weight excluding hydrogens is 256 g/mol. The Hall–Kier alpha value is -1.10. The standard InChI is InChI=1S/C15H30N2O3/c1-5-6-7-9-13(2)16-14(18)12-17(3)11-8-10-15(19)20-4/h13H,5-12H2,1-4H3,(H,16,18). The van der Waals surface area contributed by atoms with Crippen LogP contribution in [0.25, 0.3) is 0 Å². The average molecular weight is 286 g/mol. The lowest BCUT2D eigenvalue weighted by Crippen LogP contribution is -2.40. The zero-order chi connectivity index (χ0) is 15.4. The number of hydrogen-bond donors (Lipinski definition) is 1. The van der Waals surface area contributed by atoms with Crippen LogP contribution in [0.3, 0.4) is 0 Å². The predicted octanol–water partition coefficient (Wildman–Crippen LogP) is 1.96. The molecule has 0 radical (unpaired) electrons. The van der Waals surface area contributed by atoms with Crippen LogP contribution in [-0.4, -0.2) is 50.1 Å². The van der Waals surface area contributed by atoms with E-state index in [4.69, 9.17) is 0 Å². The van der Waals surface area contributed by atoms with E-state index in [2.05, 4.69) is 17.0 Å². The molecule has 0 spiro atoms. The Morgan fingerprint density at radius 2 is 1.95 bits per heavy atom. The fourth-order valence-corrected chi connectivity index (χ4v) is 2.01. The highest BCUT2D eigenvalue weighted by Crippen LogP contribution is 2.02. The summed E-state index contributed by atoms with van der Waals surface area (Å²) in [4.78, 5) is 24.7. The van der Waals surface area contributed by atoms with E-state index in [-0.39, 0.29) is 17.9 Å². The number of carbonyl (C=O) groups excluding carboxylic acids is 2. The van der Waals surface area contributed by atoms with E-state index in [1.165, 1.54) is 20.0 Å². The molecule has 1 unspecified atom stereocenters. The van der Waals surface area contributed by atoms with Gasteiger partial charge in [0.2, 0.25) is 5.91 Å². The second-order valence-electron chi connectivity index (χ2n) is 5.38. The van der Waals surface area contributed by atoms with Gasteiger partial charge in [-0.05, 0) is 33.4 Å². The third-order valence-corrected chi connectivity index (χ3v) is 3.21. The molecule has 5 nitrogen and oxygen atoms in total. The van der Waals surface area contributed by atoms with Crippen LogP contribution < -0.4 is 5.32 Å². The number of unbranched alkanes of at least 4 members (excludes halogenated alkanes) is 2. The van der Waals surface area contributed by atoms with E-state index in [0.717, 1.165) is 12.8 Å². The van der Waals surface area contributed by atoms with E-state index in [1.54, 1.807) is 0 Å². The normalized spacial score (nSPS) is 12.2. The molecule has 20 heavy (non-hydrogen) atoms. The second-order valence-corrected chi connectivity index (χ2v) is 5.38. The number of nitrogens with zero attached hydrogens (tertiary/aromatic N) is 1. The Kier molecular flexibility index (Phi) is 11.1. The Morgan fingerprint density at radius 1 is 1.25 bits per heavy atom. The fourth-order valence-electron chi connectivity index (χ4n) is 2.01. The van der Waals surface area contributed by atoms with Crippen molar-refractivity contribution in [1.82, 2.24) is 10.2 Å². The van der Waals surface area contributed by atoms with Crippen LogP contribution in [0.1, 0.15) is 52.4 Å². The first-order valence-electron chi connectivity index (χ1n) is 7.54. The Bertz CT molecular complexity index is 282. The molecule has 0 rings (SSSR count). The van der Waals surface area contributed by atoms with E-state index in [0.29, 0.717) is 25.9 Å². The van der Waals surface area contributed by atoms with Gasteiger partial charge in [0, 0.05) is 12.5 Å². The number of carbonyl (C=O) groups is 2. The Balaban J connectivity index is 3.70. The molecule has 0 heterocycles. The number of methoxy groups -OCH3 is 1. The van der Waals surface area contributed by atoms with Gasteiger partial charge in [0.1, 0.15) is 0 Å². The molecule has 0 aromatic rings. The molecule has 0 bridgehead atoms. The highest BCUT2D eigenvalue weighted by Gasteiger charge is 2.10. The molecule has 0 saturated carbocycles. The molecule has 1 N–H and O–H groups in total. The number of ether oxygens (including phenoxy) is 1. The van der Waals surface area contributed by atoms with Crippen molar-refractivity contribution in [2.75, 3.05) is 27.2 Å². The van der Waals surface area contributed by atoms with Crippen molar-refractivity contribution in [3.63, 3.8) is 0 Å². The van der Waals surface area contributed by atoms with Gasteiger partial charge in [-0.2, -0.15) is 0 Å². The largest absolute Gasteiger partial charge is 0.469 e. The fraction of sp³-hybridized carbons (Fsp3) is 0.867. The SMILES string of the molecule is CCCCCC(C)NC(=O)CN(C)CCCC(=O)OC. The maximum atomic E-state index is 11.8. The minimum Gasteiger partial charge on any atom is -0.469 e. The van der Waals surface area contributed by atoms with Crippen LogP contribution >= 0.6 is 0 Å². The van der Waals surface area contributed by atoms with Crippen molar-refractivity contribution >= 4 is 11.9 Å². The number of amides is 1. The molecule has 0 aromatic heterocycles. The molecule has 0 fully saturated rings. The molecule has 0 aromatic carbocycles. The predicted molar refractivity (Wildman–Crippen MR) is 80.5 cm³/mol. The van der Waals surface area contributed by atoms with Crippen molar-refractivity contribution in [3.8, 4) is 0 Å². The van der Waals surface area contributed by atoms with Gasteiger partial charge in [-0.25, -0.2) is 0 Å². The van der Waals surface area contributed by atoms with E-state index in [9.17, 15) is 9.59 Å². The van der Waals surface area contributed by atoms with E-state index >= 15 is 0 Å².